The summed E-state index contributed by atoms with van der Waals surface area (Å²) in [6.45, 7) is 0. The van der Waals surface area contributed by atoms with Crippen molar-refractivity contribution >= 4 is 17.6 Å². The van der Waals surface area contributed by atoms with Crippen molar-refractivity contribution in [3.05, 3.63) is 28.3 Å². The van der Waals surface area contributed by atoms with Crippen LogP contribution in [0.25, 0.3) is 0 Å². The molecule has 1 rings (SSSR count). The summed E-state index contributed by atoms with van der Waals surface area (Å²) in [5, 5.41) is 10.7. The zero-order valence-corrected chi connectivity index (χ0v) is 8.63. The Morgan fingerprint density at radius 2 is 2.29 bits per heavy atom. The zero-order valence-electron chi connectivity index (χ0n) is 7.81. The molecule has 1 aromatic rings. The molecule has 5 nitrogen and oxygen atoms in total. The van der Waals surface area contributed by atoms with E-state index < -0.39 is 4.92 Å². The van der Waals surface area contributed by atoms with Crippen LogP contribution in [0, 0.1) is 10.1 Å². The van der Waals surface area contributed by atoms with E-state index in [4.69, 9.17) is 4.74 Å². The highest BCUT2D eigenvalue weighted by molar-refractivity contribution is 7.97. The first kappa shape index (κ1) is 10.8. The predicted molar refractivity (Wildman–Crippen MR) is 54.6 cm³/mol. The van der Waals surface area contributed by atoms with E-state index in [2.05, 4.69) is 4.72 Å². The molecule has 0 saturated carbocycles. The van der Waals surface area contributed by atoms with Gasteiger partial charge in [-0.1, -0.05) is 0 Å². The molecule has 0 aliphatic carbocycles. The van der Waals surface area contributed by atoms with Crippen LogP contribution in [0.1, 0.15) is 0 Å². The van der Waals surface area contributed by atoms with Crippen LogP contribution < -0.4 is 9.46 Å². The van der Waals surface area contributed by atoms with Crippen LogP contribution in [-0.2, 0) is 0 Å². The third-order valence-electron chi connectivity index (χ3n) is 1.57. The fourth-order valence-corrected chi connectivity index (χ4v) is 1.56. The standard InChI is InChI=1S/C8H10N2O3S/c1-9-14-8-4-3-6(13-2)5-7(8)10(11)12/h3-5,9H,1-2H3. The lowest BCUT2D eigenvalue weighted by Gasteiger charge is -2.03. The SMILES string of the molecule is CNSc1ccc(OC)cc1[N+](=O)[O-]. The number of hydrogen-bond donors (Lipinski definition) is 1. The number of nitrogens with zero attached hydrogens (tertiary/aromatic N) is 1. The van der Waals surface area contributed by atoms with Gasteiger partial charge in [-0.05, 0) is 31.1 Å². The molecule has 0 saturated heterocycles. The molecule has 0 unspecified atom stereocenters. The molecule has 1 aromatic carbocycles. The van der Waals surface area contributed by atoms with Crippen LogP contribution >= 0.6 is 11.9 Å². The van der Waals surface area contributed by atoms with Crippen LogP contribution in [0.4, 0.5) is 5.69 Å². The van der Waals surface area contributed by atoms with Crippen LogP contribution in [0.3, 0.4) is 0 Å². The number of methoxy groups -OCH3 is 1. The minimum Gasteiger partial charge on any atom is -0.497 e. The molecule has 1 N–H and O–H groups in total. The molecule has 76 valence electrons. The molecule has 14 heavy (non-hydrogen) atoms. The fraction of sp³-hybridized carbons (Fsp3) is 0.250. The number of nitrogens with one attached hydrogen (secondary N) is 1. The third kappa shape index (κ3) is 2.36. The van der Waals surface area contributed by atoms with Crippen molar-refractivity contribution in [3.8, 4) is 5.75 Å². The van der Waals surface area contributed by atoms with Crippen LogP contribution in [0.2, 0.25) is 0 Å². The van der Waals surface area contributed by atoms with E-state index in [9.17, 15) is 10.1 Å². The van der Waals surface area contributed by atoms with E-state index in [0.29, 0.717) is 10.6 Å². The first-order chi connectivity index (χ1) is 6.69. The Kier molecular flexibility index (Phi) is 3.73. The molecule has 0 aliphatic heterocycles. The Hall–Kier alpha value is -1.27. The van der Waals surface area contributed by atoms with Gasteiger partial charge in [-0.25, -0.2) is 0 Å². The lowest BCUT2D eigenvalue weighted by molar-refractivity contribution is -0.387. The van der Waals surface area contributed by atoms with Crippen molar-refractivity contribution in [2.75, 3.05) is 14.2 Å². The molecule has 0 atom stereocenters. The smallest absolute Gasteiger partial charge is 0.287 e. The van der Waals surface area contributed by atoms with Gasteiger partial charge in [0.15, 0.2) is 0 Å². The van der Waals surface area contributed by atoms with Crippen molar-refractivity contribution in [1.82, 2.24) is 4.72 Å². The molecule has 0 fully saturated rings. The maximum Gasteiger partial charge on any atom is 0.287 e. The van der Waals surface area contributed by atoms with Gasteiger partial charge in [-0.15, -0.1) is 0 Å². The Bertz CT molecular complexity index is 343. The lowest BCUT2D eigenvalue weighted by atomic mass is 10.3. The Balaban J connectivity index is 3.10. The highest BCUT2D eigenvalue weighted by Crippen LogP contribution is 2.30. The highest BCUT2D eigenvalue weighted by atomic mass is 32.2. The molecule has 0 amide bonds. The normalized spacial score (nSPS) is 9.86. The van der Waals surface area contributed by atoms with Gasteiger partial charge in [-0.3, -0.25) is 14.8 Å². The molecule has 6 heteroatoms. The second-order valence-corrected chi connectivity index (χ2v) is 3.45. The van der Waals surface area contributed by atoms with Crippen molar-refractivity contribution in [2.24, 2.45) is 0 Å². The molecule has 0 aliphatic rings. The number of ether oxygens (including phenoxy) is 1. The molecule has 0 radical (unpaired) electrons. The fourth-order valence-electron chi connectivity index (χ4n) is 0.963. The number of hydrogen-bond acceptors (Lipinski definition) is 5. The molecule has 0 heterocycles. The monoisotopic (exact) mass is 214 g/mol. The third-order valence-corrected chi connectivity index (χ3v) is 2.34. The Morgan fingerprint density at radius 1 is 1.57 bits per heavy atom. The van der Waals surface area contributed by atoms with Crippen molar-refractivity contribution < 1.29 is 9.66 Å². The number of rotatable bonds is 4. The number of nitro groups is 1. The lowest BCUT2D eigenvalue weighted by Crippen LogP contribution is -1.96. The first-order valence-electron chi connectivity index (χ1n) is 3.85. The minimum atomic E-state index is -0.428. The van der Waals surface area contributed by atoms with Crippen molar-refractivity contribution in [2.45, 2.75) is 4.90 Å². The maximum absolute atomic E-state index is 10.7. The summed E-state index contributed by atoms with van der Waals surface area (Å²) in [6.07, 6.45) is 0. The summed E-state index contributed by atoms with van der Waals surface area (Å²) in [6, 6.07) is 4.74. The molecule has 0 aromatic heterocycles. The zero-order chi connectivity index (χ0) is 10.6. The summed E-state index contributed by atoms with van der Waals surface area (Å²) in [4.78, 5) is 10.8. The Labute approximate surface area is 85.7 Å². The summed E-state index contributed by atoms with van der Waals surface area (Å²) < 4.78 is 7.69. The van der Waals surface area contributed by atoms with Gasteiger partial charge in [-0.2, -0.15) is 0 Å². The van der Waals surface area contributed by atoms with E-state index in [1.807, 2.05) is 0 Å². The highest BCUT2D eigenvalue weighted by Gasteiger charge is 2.14. The van der Waals surface area contributed by atoms with Gasteiger partial charge in [0.05, 0.1) is 18.1 Å². The second-order valence-electron chi connectivity index (χ2n) is 2.40. The van der Waals surface area contributed by atoms with Gasteiger partial charge in [0.1, 0.15) is 10.6 Å². The van der Waals surface area contributed by atoms with Crippen molar-refractivity contribution in [3.63, 3.8) is 0 Å². The Morgan fingerprint density at radius 3 is 2.79 bits per heavy atom. The minimum absolute atomic E-state index is 0.0451. The average Bonchev–Trinajstić information content (AvgIpc) is 2.18. The van der Waals surface area contributed by atoms with Crippen LogP contribution in [0.5, 0.6) is 5.75 Å². The summed E-state index contributed by atoms with van der Waals surface area (Å²) >= 11 is 1.20. The van der Waals surface area contributed by atoms with Gasteiger partial charge in [0.2, 0.25) is 0 Å². The summed E-state index contributed by atoms with van der Waals surface area (Å²) in [7, 11) is 3.18. The van der Waals surface area contributed by atoms with Gasteiger partial charge in [0, 0.05) is 0 Å². The maximum atomic E-state index is 10.7. The topological polar surface area (TPSA) is 64.4 Å². The molecule has 0 bridgehead atoms. The van der Waals surface area contributed by atoms with E-state index >= 15 is 0 Å². The van der Waals surface area contributed by atoms with E-state index in [0.717, 1.165) is 0 Å². The van der Waals surface area contributed by atoms with Gasteiger partial charge >= 0.3 is 0 Å². The van der Waals surface area contributed by atoms with Crippen LogP contribution in [-0.4, -0.2) is 19.1 Å². The average molecular weight is 214 g/mol. The van der Waals surface area contributed by atoms with E-state index in [1.54, 1.807) is 19.2 Å². The largest absolute Gasteiger partial charge is 0.497 e. The molecular formula is C8H10N2O3S. The number of nitro benzene ring substituents is 1. The second kappa shape index (κ2) is 4.83. The number of benzene rings is 1. The van der Waals surface area contributed by atoms with Crippen LogP contribution in [0.15, 0.2) is 23.1 Å². The van der Waals surface area contributed by atoms with Gasteiger partial charge in [0.25, 0.3) is 5.69 Å². The predicted octanol–water partition coefficient (Wildman–Crippen LogP) is 1.83. The van der Waals surface area contributed by atoms with E-state index in [1.165, 1.54) is 25.1 Å². The molecular weight excluding hydrogens is 204 g/mol. The van der Waals surface area contributed by atoms with Crippen molar-refractivity contribution in [1.29, 1.82) is 0 Å². The summed E-state index contributed by atoms with van der Waals surface area (Å²) in [5.41, 5.74) is 0.0451. The van der Waals surface area contributed by atoms with Gasteiger partial charge < -0.3 is 4.74 Å². The molecule has 0 spiro atoms. The van der Waals surface area contributed by atoms with E-state index in [-0.39, 0.29) is 5.69 Å². The summed E-state index contributed by atoms with van der Waals surface area (Å²) in [5.74, 6) is 0.483. The quantitative estimate of drug-likeness (QED) is 0.470. The first-order valence-corrected chi connectivity index (χ1v) is 4.66.